The second kappa shape index (κ2) is 4.24. The minimum Gasteiger partial charge on any atom is -0.394 e. The molecular formula is C16H24N4O. The van der Waals surface area contributed by atoms with Crippen LogP contribution < -0.4 is 11.1 Å². The first-order valence-corrected chi connectivity index (χ1v) is 8.07. The van der Waals surface area contributed by atoms with E-state index in [4.69, 9.17) is 5.73 Å². The number of nitrogens with one attached hydrogen (secondary N) is 1. The number of nitrogens with two attached hydrogens (primary N) is 1. The van der Waals surface area contributed by atoms with Crippen molar-refractivity contribution in [2.75, 3.05) is 11.1 Å². The van der Waals surface area contributed by atoms with Crippen LogP contribution in [-0.4, -0.2) is 15.7 Å². The summed E-state index contributed by atoms with van der Waals surface area (Å²) in [4.78, 5) is 13.0. The lowest BCUT2D eigenvalue weighted by Crippen LogP contribution is -2.51. The van der Waals surface area contributed by atoms with Crippen LogP contribution in [0.3, 0.4) is 0 Å². The van der Waals surface area contributed by atoms with Crippen LogP contribution in [0.15, 0.2) is 0 Å². The Hall–Kier alpha value is -1.52. The number of amides is 1. The standard InChI is InChI=1S/C16H24N4O/c1-9-13(17)14(20(2)19-9)18-15(21)16-6-10-3-11(7-16)5-12(4-10)8-16/h10-12H,3-8,17H2,1-2H3,(H,18,21). The SMILES string of the molecule is Cc1nn(C)c(NC(=O)C23CC4CC(CC(C4)C2)C3)c1N. The zero-order valence-electron chi connectivity index (χ0n) is 12.9. The lowest BCUT2D eigenvalue weighted by Gasteiger charge is -2.55. The van der Waals surface area contributed by atoms with Gasteiger partial charge in [0.2, 0.25) is 5.91 Å². The number of nitrogens with zero attached hydrogens (tertiary/aromatic N) is 2. The Kier molecular flexibility index (Phi) is 2.66. The lowest BCUT2D eigenvalue weighted by molar-refractivity contribution is -0.140. The summed E-state index contributed by atoms with van der Waals surface area (Å²) in [6.45, 7) is 1.87. The maximum absolute atomic E-state index is 13.0. The molecule has 5 rings (SSSR count). The number of aromatic nitrogens is 2. The zero-order chi connectivity index (χ0) is 14.8. The van der Waals surface area contributed by atoms with Crippen LogP contribution in [0, 0.1) is 30.1 Å². The van der Waals surface area contributed by atoms with E-state index in [-0.39, 0.29) is 11.3 Å². The van der Waals surface area contributed by atoms with Gasteiger partial charge < -0.3 is 11.1 Å². The molecule has 4 saturated carbocycles. The average molecular weight is 288 g/mol. The number of anilines is 2. The monoisotopic (exact) mass is 288 g/mol. The van der Waals surface area contributed by atoms with E-state index in [9.17, 15) is 4.79 Å². The number of carbonyl (C=O) groups is 1. The Morgan fingerprint density at radius 1 is 1.24 bits per heavy atom. The third-order valence-corrected chi connectivity index (χ3v) is 6.02. The summed E-state index contributed by atoms with van der Waals surface area (Å²) in [5.74, 6) is 3.15. The Morgan fingerprint density at radius 2 is 1.76 bits per heavy atom. The van der Waals surface area contributed by atoms with Crippen molar-refractivity contribution in [2.24, 2.45) is 30.2 Å². The molecule has 114 valence electrons. The molecule has 1 aromatic rings. The highest BCUT2D eigenvalue weighted by molar-refractivity contribution is 5.97. The number of hydrogen-bond donors (Lipinski definition) is 2. The molecule has 0 aromatic carbocycles. The van der Waals surface area contributed by atoms with Crippen LogP contribution in [0.2, 0.25) is 0 Å². The molecule has 4 bridgehead atoms. The van der Waals surface area contributed by atoms with Crippen LogP contribution in [-0.2, 0) is 11.8 Å². The number of rotatable bonds is 2. The minimum atomic E-state index is -0.140. The van der Waals surface area contributed by atoms with Gasteiger partial charge in [0.15, 0.2) is 5.82 Å². The van der Waals surface area contributed by atoms with Gasteiger partial charge in [-0.05, 0) is 63.2 Å². The maximum Gasteiger partial charge on any atom is 0.231 e. The molecule has 4 fully saturated rings. The number of hydrogen-bond acceptors (Lipinski definition) is 3. The van der Waals surface area contributed by atoms with Gasteiger partial charge in [0.25, 0.3) is 0 Å². The Balaban J connectivity index is 1.60. The Labute approximate surface area is 125 Å². The molecular weight excluding hydrogens is 264 g/mol. The van der Waals surface area contributed by atoms with Crippen molar-refractivity contribution >= 4 is 17.4 Å². The highest BCUT2D eigenvalue weighted by Gasteiger charge is 2.54. The van der Waals surface area contributed by atoms with Gasteiger partial charge in [-0.2, -0.15) is 5.10 Å². The topological polar surface area (TPSA) is 72.9 Å². The maximum atomic E-state index is 13.0. The first-order chi connectivity index (χ1) is 9.97. The molecule has 21 heavy (non-hydrogen) atoms. The van der Waals surface area contributed by atoms with Gasteiger partial charge in [-0.25, -0.2) is 0 Å². The summed E-state index contributed by atoms with van der Waals surface area (Å²) in [7, 11) is 1.83. The quantitative estimate of drug-likeness (QED) is 0.878. The molecule has 0 aliphatic heterocycles. The van der Waals surface area contributed by atoms with E-state index < -0.39 is 0 Å². The minimum absolute atomic E-state index is 0.140. The van der Waals surface area contributed by atoms with Crippen molar-refractivity contribution in [2.45, 2.75) is 45.4 Å². The van der Waals surface area contributed by atoms with Gasteiger partial charge in [-0.1, -0.05) is 0 Å². The van der Waals surface area contributed by atoms with Crippen molar-refractivity contribution in [3.8, 4) is 0 Å². The van der Waals surface area contributed by atoms with Gasteiger partial charge in [0.1, 0.15) is 0 Å². The van der Waals surface area contributed by atoms with E-state index in [1.807, 2.05) is 14.0 Å². The second-order valence-corrected chi connectivity index (χ2v) is 7.62. The van der Waals surface area contributed by atoms with E-state index >= 15 is 0 Å². The molecule has 0 spiro atoms. The zero-order valence-corrected chi connectivity index (χ0v) is 12.9. The van der Waals surface area contributed by atoms with E-state index in [1.54, 1.807) is 4.68 Å². The molecule has 1 aromatic heterocycles. The van der Waals surface area contributed by atoms with Gasteiger partial charge in [-0.15, -0.1) is 0 Å². The number of aryl methyl sites for hydroxylation is 2. The van der Waals surface area contributed by atoms with Crippen LogP contribution in [0.25, 0.3) is 0 Å². The van der Waals surface area contributed by atoms with Crippen LogP contribution in [0.4, 0.5) is 11.5 Å². The third kappa shape index (κ3) is 1.89. The lowest BCUT2D eigenvalue weighted by atomic mass is 9.49. The molecule has 0 atom stereocenters. The number of nitrogen functional groups attached to an aromatic ring is 1. The van der Waals surface area contributed by atoms with Gasteiger partial charge >= 0.3 is 0 Å². The van der Waals surface area contributed by atoms with Crippen LogP contribution in [0.5, 0.6) is 0 Å². The summed E-state index contributed by atoms with van der Waals surface area (Å²) in [6, 6.07) is 0. The van der Waals surface area contributed by atoms with E-state index in [0.29, 0.717) is 11.5 Å². The van der Waals surface area contributed by atoms with E-state index in [0.717, 1.165) is 42.7 Å². The van der Waals surface area contributed by atoms with Crippen LogP contribution >= 0.6 is 0 Å². The summed E-state index contributed by atoms with van der Waals surface area (Å²) in [6.07, 6.45) is 7.25. The van der Waals surface area contributed by atoms with E-state index in [1.165, 1.54) is 19.3 Å². The molecule has 5 heteroatoms. The van der Waals surface area contributed by atoms with Crippen LogP contribution in [0.1, 0.15) is 44.2 Å². The smallest absolute Gasteiger partial charge is 0.231 e. The molecule has 4 aliphatic rings. The van der Waals surface area contributed by atoms with Gasteiger partial charge in [0.05, 0.1) is 16.8 Å². The van der Waals surface area contributed by atoms with Crippen molar-refractivity contribution in [3.63, 3.8) is 0 Å². The van der Waals surface area contributed by atoms with E-state index in [2.05, 4.69) is 10.4 Å². The fourth-order valence-electron chi connectivity index (χ4n) is 5.45. The van der Waals surface area contributed by atoms with Crippen molar-refractivity contribution in [3.05, 3.63) is 5.69 Å². The molecule has 0 saturated heterocycles. The predicted molar refractivity (Wildman–Crippen MR) is 81.6 cm³/mol. The van der Waals surface area contributed by atoms with Gasteiger partial charge in [0, 0.05) is 7.05 Å². The van der Waals surface area contributed by atoms with Crippen molar-refractivity contribution in [1.29, 1.82) is 0 Å². The molecule has 4 aliphatic carbocycles. The molecule has 5 nitrogen and oxygen atoms in total. The fourth-order valence-corrected chi connectivity index (χ4v) is 5.45. The molecule has 1 heterocycles. The first kappa shape index (κ1) is 13.2. The Morgan fingerprint density at radius 3 is 2.19 bits per heavy atom. The largest absolute Gasteiger partial charge is 0.394 e. The first-order valence-electron chi connectivity index (χ1n) is 8.07. The highest BCUT2D eigenvalue weighted by atomic mass is 16.2. The molecule has 0 radical (unpaired) electrons. The third-order valence-electron chi connectivity index (χ3n) is 6.02. The van der Waals surface area contributed by atoms with Crippen molar-refractivity contribution < 1.29 is 4.79 Å². The molecule has 1 amide bonds. The van der Waals surface area contributed by atoms with Gasteiger partial charge in [-0.3, -0.25) is 9.48 Å². The molecule has 0 unspecified atom stereocenters. The molecule has 3 N–H and O–H groups in total. The summed E-state index contributed by atoms with van der Waals surface area (Å²) >= 11 is 0. The average Bonchev–Trinajstić information content (AvgIpc) is 2.64. The second-order valence-electron chi connectivity index (χ2n) is 7.62. The summed E-state index contributed by atoms with van der Waals surface area (Å²) < 4.78 is 1.68. The predicted octanol–water partition coefficient (Wildman–Crippen LogP) is 2.47. The fraction of sp³-hybridized carbons (Fsp3) is 0.750. The normalized spacial score (nSPS) is 37.0. The summed E-state index contributed by atoms with van der Waals surface area (Å²) in [5.41, 5.74) is 7.27. The highest BCUT2D eigenvalue weighted by Crippen LogP contribution is 2.60. The summed E-state index contributed by atoms with van der Waals surface area (Å²) in [5, 5.41) is 7.38. The Bertz CT molecular complexity index is 568. The van der Waals surface area contributed by atoms with Crippen molar-refractivity contribution in [1.82, 2.24) is 9.78 Å². The number of carbonyl (C=O) groups excluding carboxylic acids is 1.